The van der Waals surface area contributed by atoms with Gasteiger partial charge < -0.3 is 25.0 Å². The van der Waals surface area contributed by atoms with E-state index >= 15 is 0 Å². The molecule has 0 fully saturated rings. The van der Waals surface area contributed by atoms with Crippen LogP contribution in [0.1, 0.15) is 29.6 Å². The number of rotatable bonds is 7. The molecule has 4 N–H and O–H groups in total. The first-order valence-corrected chi connectivity index (χ1v) is 8.49. The van der Waals surface area contributed by atoms with Crippen LogP contribution in [-0.2, 0) is 4.74 Å². The molecule has 0 aliphatic carbocycles. The number of nitrogens with one attached hydrogen (secondary N) is 1. The fourth-order valence-electron chi connectivity index (χ4n) is 2.63. The van der Waals surface area contributed by atoms with Gasteiger partial charge in [-0.25, -0.2) is 4.79 Å². The molecule has 0 aliphatic rings. The zero-order valence-corrected chi connectivity index (χ0v) is 14.9. The lowest BCUT2D eigenvalue weighted by Crippen LogP contribution is -3.05. The van der Waals surface area contributed by atoms with Gasteiger partial charge in [-0.3, -0.25) is 4.79 Å². The van der Waals surface area contributed by atoms with Crippen molar-refractivity contribution in [1.82, 2.24) is 0 Å². The zero-order valence-electron chi connectivity index (χ0n) is 14.9. The van der Waals surface area contributed by atoms with Crippen molar-refractivity contribution in [1.29, 1.82) is 0 Å². The summed E-state index contributed by atoms with van der Waals surface area (Å²) in [5, 5.41) is 29.3. The van der Waals surface area contributed by atoms with Crippen molar-refractivity contribution in [2.24, 2.45) is 0 Å². The lowest BCUT2D eigenvalue weighted by atomic mass is 10.1. The molecule has 0 saturated carbocycles. The number of hydrogen-bond donors (Lipinski definition) is 4. The fourth-order valence-corrected chi connectivity index (χ4v) is 2.63. The quantitative estimate of drug-likeness (QED) is 0.329. The second-order valence-corrected chi connectivity index (χ2v) is 6.51. The van der Waals surface area contributed by atoms with E-state index in [4.69, 9.17) is 4.74 Å². The number of hydrogen-bond acceptors (Lipinski definition) is 6. The summed E-state index contributed by atoms with van der Waals surface area (Å²) >= 11 is 0. The van der Waals surface area contributed by atoms with E-state index in [9.17, 15) is 24.9 Å². The maximum atomic E-state index is 12.2. The van der Waals surface area contributed by atoms with Gasteiger partial charge >= 0.3 is 5.97 Å². The molecule has 0 radical (unpaired) electrons. The molecule has 2 rings (SSSR count). The summed E-state index contributed by atoms with van der Waals surface area (Å²) in [7, 11) is 4.15. The van der Waals surface area contributed by atoms with Crippen LogP contribution in [-0.4, -0.2) is 48.5 Å². The molecule has 7 nitrogen and oxygen atoms in total. The summed E-state index contributed by atoms with van der Waals surface area (Å²) < 4.78 is 5.20. The third-order valence-corrected chi connectivity index (χ3v) is 4.04. The van der Waals surface area contributed by atoms with Crippen LogP contribution >= 0.6 is 0 Å². The SMILES string of the molecule is C[NH+](C)CCCCCOC(=O)c1cc(O)c(=O)c2c(O)c(O)ccc2c1. The van der Waals surface area contributed by atoms with Crippen LogP contribution in [0.5, 0.6) is 17.2 Å². The van der Waals surface area contributed by atoms with Crippen molar-refractivity contribution in [3.63, 3.8) is 0 Å². The maximum absolute atomic E-state index is 12.2. The molecular formula is C19H24NO6+. The number of ether oxygens (including phenoxy) is 1. The molecular weight excluding hydrogens is 338 g/mol. The summed E-state index contributed by atoms with van der Waals surface area (Å²) in [6, 6.07) is 4.94. The van der Waals surface area contributed by atoms with Crippen LogP contribution in [0.25, 0.3) is 10.8 Å². The van der Waals surface area contributed by atoms with E-state index in [0.717, 1.165) is 31.9 Å². The van der Waals surface area contributed by atoms with Crippen LogP contribution in [0.2, 0.25) is 0 Å². The Kier molecular flexibility index (Phi) is 6.41. The highest BCUT2D eigenvalue weighted by atomic mass is 16.5. The minimum absolute atomic E-state index is 0.00238. The number of fused-ring (bicyclic) bond motifs is 1. The number of esters is 1. The third kappa shape index (κ3) is 4.64. The summed E-state index contributed by atoms with van der Waals surface area (Å²) in [5.74, 6) is -2.49. The van der Waals surface area contributed by atoms with E-state index in [1.807, 2.05) is 0 Å². The number of carbonyl (C=O) groups excluding carboxylic acids is 1. The molecule has 0 aromatic heterocycles. The lowest BCUT2D eigenvalue weighted by molar-refractivity contribution is -0.858. The number of aromatic hydroxyl groups is 3. The number of unbranched alkanes of at least 4 members (excludes halogenated alkanes) is 2. The Labute approximate surface area is 151 Å². The Balaban J connectivity index is 2.17. The average molecular weight is 362 g/mol. The molecule has 0 bridgehead atoms. The van der Waals surface area contributed by atoms with Gasteiger partial charge in [0.2, 0.25) is 5.43 Å². The van der Waals surface area contributed by atoms with Gasteiger partial charge in [0.1, 0.15) is 0 Å². The van der Waals surface area contributed by atoms with E-state index < -0.39 is 28.6 Å². The third-order valence-electron chi connectivity index (χ3n) is 4.04. The number of phenols is 2. The average Bonchev–Trinajstić information content (AvgIpc) is 2.71. The van der Waals surface area contributed by atoms with Crippen LogP contribution < -0.4 is 10.3 Å². The molecule has 0 heterocycles. The smallest absolute Gasteiger partial charge is 0.338 e. The monoisotopic (exact) mass is 362 g/mol. The van der Waals surface area contributed by atoms with E-state index in [1.165, 1.54) is 23.1 Å². The van der Waals surface area contributed by atoms with Crippen molar-refractivity contribution in [3.05, 3.63) is 40.1 Å². The van der Waals surface area contributed by atoms with Crippen LogP contribution in [0, 0.1) is 0 Å². The molecule has 0 atom stereocenters. The lowest BCUT2D eigenvalue weighted by Gasteiger charge is -2.07. The van der Waals surface area contributed by atoms with E-state index in [-0.39, 0.29) is 22.9 Å². The van der Waals surface area contributed by atoms with Gasteiger partial charge in [0.15, 0.2) is 17.2 Å². The molecule has 2 aromatic carbocycles. The van der Waals surface area contributed by atoms with Crippen LogP contribution in [0.3, 0.4) is 0 Å². The molecule has 0 unspecified atom stereocenters. The summed E-state index contributed by atoms with van der Waals surface area (Å²) in [6.07, 6.45) is 2.70. The Morgan fingerprint density at radius 3 is 2.46 bits per heavy atom. The zero-order chi connectivity index (χ0) is 19.3. The predicted molar refractivity (Wildman–Crippen MR) is 97.0 cm³/mol. The van der Waals surface area contributed by atoms with Crippen molar-refractivity contribution in [2.45, 2.75) is 19.3 Å². The van der Waals surface area contributed by atoms with E-state index in [2.05, 4.69) is 14.1 Å². The molecule has 0 spiro atoms. The number of carbonyl (C=O) groups is 1. The molecule has 140 valence electrons. The standard InChI is InChI=1S/C19H23NO6/c1-20(2)8-4-3-5-9-26-19(25)13-10-12-6-7-14(21)17(23)16(12)18(24)15(22)11-13/h6-7,10-11,21,23H,3-5,8-9H2,1-2H3,(H,22,24)/p+1. The second-order valence-electron chi connectivity index (χ2n) is 6.51. The topological polar surface area (TPSA) is 108 Å². The Bertz CT molecular complexity index is 863. The summed E-state index contributed by atoms with van der Waals surface area (Å²) in [4.78, 5) is 25.8. The molecule has 0 saturated heterocycles. The fraction of sp³-hybridized carbons (Fsp3) is 0.368. The van der Waals surface area contributed by atoms with Gasteiger partial charge in [0, 0.05) is 0 Å². The van der Waals surface area contributed by atoms with Gasteiger partial charge in [-0.2, -0.15) is 0 Å². The van der Waals surface area contributed by atoms with Crippen molar-refractivity contribution < 1.29 is 29.8 Å². The Morgan fingerprint density at radius 2 is 1.77 bits per heavy atom. The maximum Gasteiger partial charge on any atom is 0.338 e. The highest BCUT2D eigenvalue weighted by molar-refractivity contribution is 5.97. The van der Waals surface area contributed by atoms with Crippen LogP contribution in [0.15, 0.2) is 29.1 Å². The number of benzene rings is 1. The van der Waals surface area contributed by atoms with Gasteiger partial charge in [0.05, 0.1) is 38.2 Å². The summed E-state index contributed by atoms with van der Waals surface area (Å²) in [5.41, 5.74) is -0.879. The van der Waals surface area contributed by atoms with Crippen molar-refractivity contribution in [3.8, 4) is 17.2 Å². The second kappa shape index (κ2) is 8.53. The summed E-state index contributed by atoms with van der Waals surface area (Å²) in [6.45, 7) is 1.29. The molecule has 26 heavy (non-hydrogen) atoms. The van der Waals surface area contributed by atoms with Gasteiger partial charge in [-0.1, -0.05) is 6.07 Å². The molecule has 2 aromatic rings. The van der Waals surface area contributed by atoms with Crippen molar-refractivity contribution in [2.75, 3.05) is 27.2 Å². The van der Waals surface area contributed by atoms with Gasteiger partial charge in [-0.05, 0) is 42.8 Å². The first-order chi connectivity index (χ1) is 12.3. The normalized spacial score (nSPS) is 11.0. The molecule has 7 heteroatoms. The minimum atomic E-state index is -0.876. The minimum Gasteiger partial charge on any atom is -0.504 e. The first kappa shape index (κ1) is 19.5. The first-order valence-electron chi connectivity index (χ1n) is 8.49. The largest absolute Gasteiger partial charge is 0.504 e. The van der Waals surface area contributed by atoms with Gasteiger partial charge in [0.25, 0.3) is 0 Å². The number of quaternary nitrogens is 1. The Hall–Kier alpha value is -2.80. The molecule has 0 aliphatic heterocycles. The predicted octanol–water partition coefficient (Wildman–Crippen LogP) is 0.788. The van der Waals surface area contributed by atoms with E-state index in [1.54, 1.807) is 0 Å². The number of phenolic OH excluding ortho intramolecular Hbond substituents is 2. The Morgan fingerprint density at radius 1 is 1.04 bits per heavy atom. The highest BCUT2D eigenvalue weighted by Gasteiger charge is 2.15. The van der Waals surface area contributed by atoms with E-state index in [0.29, 0.717) is 0 Å². The van der Waals surface area contributed by atoms with Gasteiger partial charge in [-0.15, -0.1) is 0 Å². The highest BCUT2D eigenvalue weighted by Crippen LogP contribution is 2.32. The van der Waals surface area contributed by atoms with Crippen molar-refractivity contribution >= 4 is 16.7 Å². The molecule has 0 amide bonds. The van der Waals surface area contributed by atoms with Crippen LogP contribution in [0.4, 0.5) is 0 Å².